The summed E-state index contributed by atoms with van der Waals surface area (Å²) in [4.78, 5) is 24.3. The normalized spacial score (nSPS) is 11.2. The minimum absolute atomic E-state index is 0.273. The monoisotopic (exact) mass is 554 g/mol. The number of aryl methyl sites for hydroxylation is 2. The Morgan fingerprint density at radius 3 is 1.49 bits per heavy atom. The fourth-order valence-electron chi connectivity index (χ4n) is 5.50. The van der Waals surface area contributed by atoms with E-state index in [4.69, 9.17) is 10.2 Å². The molecule has 4 nitrogen and oxygen atoms in total. The third-order valence-corrected chi connectivity index (χ3v) is 9.87. The zero-order chi connectivity index (χ0) is 28.9. The molecule has 0 bridgehead atoms. The van der Waals surface area contributed by atoms with Crippen molar-refractivity contribution >= 4 is 23.7 Å². The zero-order valence-corrected chi connectivity index (χ0v) is 26.0. The highest BCUT2D eigenvalue weighted by molar-refractivity contribution is 7.99. The van der Waals surface area contributed by atoms with Gasteiger partial charge in [0.15, 0.2) is 0 Å². The van der Waals surface area contributed by atoms with E-state index in [-0.39, 0.29) is 12.8 Å². The first-order valence-electron chi connectivity index (χ1n) is 14.8. The number of hydrogen-bond acceptors (Lipinski definition) is 3. The Bertz CT molecular complexity index is 1120. The summed E-state index contributed by atoms with van der Waals surface area (Å²) in [7, 11) is 0. The average molecular weight is 555 g/mol. The van der Waals surface area contributed by atoms with Crippen LogP contribution in [-0.4, -0.2) is 22.2 Å². The van der Waals surface area contributed by atoms with Gasteiger partial charge in [-0.3, -0.25) is 9.59 Å². The Balaban J connectivity index is 2.22. The smallest absolute Gasteiger partial charge is 0.303 e. The second kappa shape index (κ2) is 16.7. The highest BCUT2D eigenvalue weighted by Gasteiger charge is 2.19. The lowest BCUT2D eigenvalue weighted by atomic mass is 9.87. The van der Waals surface area contributed by atoms with E-state index in [9.17, 15) is 9.59 Å². The number of hydrogen-bond donors (Lipinski definition) is 2. The third kappa shape index (κ3) is 10.3. The van der Waals surface area contributed by atoms with Gasteiger partial charge in [-0.1, -0.05) is 62.4 Å². The predicted molar refractivity (Wildman–Crippen MR) is 164 cm³/mol. The number of carboxylic acid groups (broad SMARTS) is 2. The highest BCUT2D eigenvalue weighted by Crippen LogP contribution is 2.42. The zero-order valence-electron chi connectivity index (χ0n) is 25.2. The van der Waals surface area contributed by atoms with Crippen molar-refractivity contribution in [1.29, 1.82) is 0 Å². The summed E-state index contributed by atoms with van der Waals surface area (Å²) in [6.45, 7) is 13.5. The van der Waals surface area contributed by atoms with E-state index in [0.717, 1.165) is 77.0 Å². The van der Waals surface area contributed by atoms with Gasteiger partial charge in [-0.2, -0.15) is 0 Å². The molecule has 2 N–H and O–H groups in total. The molecule has 0 atom stereocenters. The van der Waals surface area contributed by atoms with Crippen LogP contribution in [0.15, 0.2) is 21.9 Å². The molecule has 2 aromatic rings. The SMILES string of the molecule is Cc1ccc(C)c(Sc2c(C)c(C)c(CCCCCCCC(=O)O)c(CCCCCCCC(=O)O)c2C)c1C. The Morgan fingerprint density at radius 2 is 0.974 bits per heavy atom. The Kier molecular flexibility index (Phi) is 14.1. The van der Waals surface area contributed by atoms with Crippen LogP contribution in [0.2, 0.25) is 0 Å². The summed E-state index contributed by atoms with van der Waals surface area (Å²) in [6.07, 6.45) is 12.9. The quantitative estimate of drug-likeness (QED) is 0.179. The Morgan fingerprint density at radius 1 is 0.538 bits per heavy atom. The van der Waals surface area contributed by atoms with E-state index in [1.54, 1.807) is 0 Å². The second-order valence-corrected chi connectivity index (χ2v) is 12.3. The van der Waals surface area contributed by atoms with Crippen LogP contribution in [0, 0.1) is 41.5 Å². The summed E-state index contributed by atoms with van der Waals surface area (Å²) < 4.78 is 0. The number of unbranched alkanes of at least 4 members (excludes halogenated alkanes) is 8. The molecular formula is C34H50O4S. The van der Waals surface area contributed by atoms with Gasteiger partial charge in [0.25, 0.3) is 0 Å². The molecule has 0 aliphatic rings. The van der Waals surface area contributed by atoms with Crippen molar-refractivity contribution in [3.63, 3.8) is 0 Å². The fraction of sp³-hybridized carbons (Fsp3) is 0.588. The predicted octanol–water partition coefficient (Wildman–Crippen LogP) is 9.62. The minimum atomic E-state index is -0.698. The van der Waals surface area contributed by atoms with Crippen LogP contribution < -0.4 is 0 Å². The first-order chi connectivity index (χ1) is 18.5. The van der Waals surface area contributed by atoms with Gasteiger partial charge in [0.05, 0.1) is 0 Å². The van der Waals surface area contributed by atoms with Crippen molar-refractivity contribution in [2.24, 2.45) is 0 Å². The highest BCUT2D eigenvalue weighted by atomic mass is 32.2. The van der Waals surface area contributed by atoms with E-state index in [0.29, 0.717) is 0 Å². The molecule has 0 aromatic heterocycles. The summed E-state index contributed by atoms with van der Waals surface area (Å²) in [6, 6.07) is 4.45. The molecule has 2 aromatic carbocycles. The van der Waals surface area contributed by atoms with Crippen LogP contribution in [0.1, 0.15) is 122 Å². The standard InChI is InChI=1S/C34H50O4S/c1-23-21-22-24(2)33(25(23)3)39-34-27(5)26(4)29(17-13-9-7-11-15-19-31(35)36)30(28(34)6)18-14-10-8-12-16-20-32(37)38/h21-22H,7-20H2,1-6H3,(H,35,36)(H,37,38). The molecule has 0 heterocycles. The summed E-state index contributed by atoms with van der Waals surface area (Å²) in [5.74, 6) is -1.39. The van der Waals surface area contributed by atoms with Crippen LogP contribution in [0.4, 0.5) is 0 Å². The topological polar surface area (TPSA) is 74.6 Å². The molecule has 0 radical (unpaired) electrons. The van der Waals surface area contributed by atoms with Crippen molar-refractivity contribution in [3.8, 4) is 0 Å². The third-order valence-electron chi connectivity index (χ3n) is 8.23. The molecule has 216 valence electrons. The number of rotatable bonds is 18. The van der Waals surface area contributed by atoms with Crippen molar-refractivity contribution < 1.29 is 19.8 Å². The minimum Gasteiger partial charge on any atom is -0.481 e. The molecule has 0 fully saturated rings. The first kappa shape index (κ1) is 32.9. The van der Waals surface area contributed by atoms with Crippen LogP contribution in [0.5, 0.6) is 0 Å². The number of aliphatic carboxylic acids is 2. The number of benzene rings is 2. The van der Waals surface area contributed by atoms with Crippen molar-refractivity contribution in [3.05, 3.63) is 56.6 Å². The first-order valence-corrected chi connectivity index (χ1v) is 15.7. The molecule has 0 aliphatic carbocycles. The van der Waals surface area contributed by atoms with Gasteiger partial charge in [-0.15, -0.1) is 0 Å². The van der Waals surface area contributed by atoms with E-state index < -0.39 is 11.9 Å². The lowest BCUT2D eigenvalue weighted by Gasteiger charge is -2.24. The van der Waals surface area contributed by atoms with Crippen LogP contribution in [0.25, 0.3) is 0 Å². The van der Waals surface area contributed by atoms with Crippen molar-refractivity contribution in [2.75, 3.05) is 0 Å². The second-order valence-electron chi connectivity index (χ2n) is 11.2. The van der Waals surface area contributed by atoms with E-state index >= 15 is 0 Å². The van der Waals surface area contributed by atoms with Crippen molar-refractivity contribution in [2.45, 2.75) is 141 Å². The molecular weight excluding hydrogens is 504 g/mol. The molecule has 0 saturated carbocycles. The molecule has 0 saturated heterocycles. The van der Waals surface area contributed by atoms with E-state index in [1.807, 2.05) is 11.8 Å². The van der Waals surface area contributed by atoms with Gasteiger partial charge in [0.1, 0.15) is 0 Å². The molecule has 0 amide bonds. The van der Waals surface area contributed by atoms with Crippen LogP contribution in [-0.2, 0) is 22.4 Å². The lowest BCUT2D eigenvalue weighted by molar-refractivity contribution is -0.138. The summed E-state index contributed by atoms with van der Waals surface area (Å²) >= 11 is 1.93. The molecule has 0 aliphatic heterocycles. The maximum absolute atomic E-state index is 10.8. The summed E-state index contributed by atoms with van der Waals surface area (Å²) in [5.41, 5.74) is 11.3. The molecule has 0 spiro atoms. The average Bonchev–Trinajstić information content (AvgIpc) is 2.88. The van der Waals surface area contributed by atoms with Gasteiger partial charge in [0, 0.05) is 22.6 Å². The van der Waals surface area contributed by atoms with Gasteiger partial charge < -0.3 is 10.2 Å². The van der Waals surface area contributed by atoms with Crippen molar-refractivity contribution in [1.82, 2.24) is 0 Å². The molecule has 5 heteroatoms. The van der Waals surface area contributed by atoms with Crippen LogP contribution in [0.3, 0.4) is 0 Å². The Labute approximate surface area is 241 Å². The maximum Gasteiger partial charge on any atom is 0.303 e. The number of carboxylic acids is 2. The molecule has 2 rings (SSSR count). The van der Waals surface area contributed by atoms with E-state index in [1.165, 1.54) is 54.3 Å². The van der Waals surface area contributed by atoms with Crippen LogP contribution >= 0.6 is 11.8 Å². The van der Waals surface area contributed by atoms with Gasteiger partial charge in [0.2, 0.25) is 0 Å². The largest absolute Gasteiger partial charge is 0.481 e. The lowest BCUT2D eigenvalue weighted by Crippen LogP contribution is -2.07. The Hall–Kier alpha value is -2.27. The molecule has 0 unspecified atom stereocenters. The molecule has 39 heavy (non-hydrogen) atoms. The number of carbonyl (C=O) groups is 2. The van der Waals surface area contributed by atoms with Gasteiger partial charge in [-0.05, 0) is 125 Å². The fourth-order valence-corrected chi connectivity index (χ4v) is 6.83. The van der Waals surface area contributed by atoms with Gasteiger partial charge in [-0.25, -0.2) is 0 Å². The van der Waals surface area contributed by atoms with Gasteiger partial charge >= 0.3 is 11.9 Å². The summed E-state index contributed by atoms with van der Waals surface area (Å²) in [5, 5.41) is 17.7. The van der Waals surface area contributed by atoms with E-state index in [2.05, 4.69) is 53.7 Å². The maximum atomic E-state index is 10.8.